The summed E-state index contributed by atoms with van der Waals surface area (Å²) < 4.78 is 31.1. The zero-order valence-corrected chi connectivity index (χ0v) is 11.9. The second-order valence-corrected chi connectivity index (χ2v) is 6.22. The summed E-state index contributed by atoms with van der Waals surface area (Å²) in [6, 6.07) is 4.46. The van der Waals surface area contributed by atoms with E-state index in [4.69, 9.17) is 9.84 Å². The molecule has 6 heteroatoms. The van der Waals surface area contributed by atoms with E-state index in [9.17, 15) is 8.42 Å². The molecular weight excluding hydrogens is 254 g/mol. The second kappa shape index (κ2) is 5.69. The van der Waals surface area contributed by atoms with Crippen LogP contribution in [0.25, 0.3) is 0 Å². The summed E-state index contributed by atoms with van der Waals surface area (Å²) in [5.41, 5.74) is 0.534. The van der Waals surface area contributed by atoms with Crippen LogP contribution in [0.15, 0.2) is 23.1 Å². The fraction of sp³-hybridized carbons (Fsp3) is 0.500. The Kier molecular flexibility index (Phi) is 4.72. The number of rotatable bonds is 5. The largest absolute Gasteiger partial charge is 0.495 e. The maximum absolute atomic E-state index is 12.4. The van der Waals surface area contributed by atoms with Crippen LogP contribution in [-0.2, 0) is 16.6 Å². The average Bonchev–Trinajstić information content (AvgIpc) is 2.36. The summed E-state index contributed by atoms with van der Waals surface area (Å²) in [6.07, 6.45) is 0. The van der Waals surface area contributed by atoms with Gasteiger partial charge in [0.15, 0.2) is 0 Å². The quantitative estimate of drug-likeness (QED) is 0.876. The van der Waals surface area contributed by atoms with Crippen molar-refractivity contribution in [3.63, 3.8) is 0 Å². The highest BCUT2D eigenvalue weighted by Crippen LogP contribution is 2.28. The van der Waals surface area contributed by atoms with Gasteiger partial charge in [-0.15, -0.1) is 0 Å². The van der Waals surface area contributed by atoms with Gasteiger partial charge in [0.05, 0.1) is 13.7 Å². The zero-order chi connectivity index (χ0) is 13.9. The fourth-order valence-corrected chi connectivity index (χ4v) is 3.02. The topological polar surface area (TPSA) is 66.8 Å². The molecule has 5 nitrogen and oxygen atoms in total. The predicted octanol–water partition coefficient (Wildman–Crippen LogP) is 1.22. The molecule has 0 aliphatic heterocycles. The Balaban J connectivity index is 3.38. The highest BCUT2D eigenvalue weighted by atomic mass is 32.2. The molecule has 0 fully saturated rings. The SMILES string of the molecule is COc1ccc(CO)cc1S(=O)(=O)N(C)C(C)C. The number of aliphatic hydroxyl groups is 1. The molecular formula is C12H19NO4S. The molecule has 102 valence electrons. The molecule has 18 heavy (non-hydrogen) atoms. The lowest BCUT2D eigenvalue weighted by Crippen LogP contribution is -2.33. The van der Waals surface area contributed by atoms with Crippen LogP contribution in [-0.4, -0.2) is 38.0 Å². The van der Waals surface area contributed by atoms with Crippen molar-refractivity contribution in [2.24, 2.45) is 0 Å². The van der Waals surface area contributed by atoms with Gasteiger partial charge in [-0.2, -0.15) is 4.31 Å². The van der Waals surface area contributed by atoms with Crippen LogP contribution in [0.5, 0.6) is 5.75 Å². The van der Waals surface area contributed by atoms with Gasteiger partial charge in [-0.25, -0.2) is 8.42 Å². The summed E-state index contributed by atoms with van der Waals surface area (Å²) in [4.78, 5) is 0.0766. The molecule has 1 aromatic rings. The third-order valence-corrected chi connectivity index (χ3v) is 4.85. The molecule has 0 radical (unpaired) electrons. The zero-order valence-electron chi connectivity index (χ0n) is 11.0. The lowest BCUT2D eigenvalue weighted by molar-refractivity contribution is 0.281. The van der Waals surface area contributed by atoms with Crippen molar-refractivity contribution in [2.45, 2.75) is 31.4 Å². The first kappa shape index (κ1) is 14.9. The van der Waals surface area contributed by atoms with E-state index >= 15 is 0 Å². The molecule has 1 rings (SSSR count). The van der Waals surface area contributed by atoms with E-state index in [2.05, 4.69) is 0 Å². The van der Waals surface area contributed by atoms with Crippen molar-refractivity contribution in [3.8, 4) is 5.75 Å². The summed E-state index contributed by atoms with van der Waals surface area (Å²) in [6.45, 7) is 3.37. The normalized spacial score (nSPS) is 12.2. The van der Waals surface area contributed by atoms with Crippen LogP contribution in [0.4, 0.5) is 0 Å². The number of nitrogens with zero attached hydrogens (tertiary/aromatic N) is 1. The number of methoxy groups -OCH3 is 1. The van der Waals surface area contributed by atoms with E-state index in [1.165, 1.54) is 24.5 Å². The van der Waals surface area contributed by atoms with Crippen molar-refractivity contribution in [2.75, 3.05) is 14.2 Å². The second-order valence-electron chi connectivity index (χ2n) is 4.26. The Hall–Kier alpha value is -1.11. The molecule has 0 spiro atoms. The van der Waals surface area contributed by atoms with Crippen molar-refractivity contribution < 1.29 is 18.3 Å². The molecule has 0 heterocycles. The van der Waals surface area contributed by atoms with Gasteiger partial charge in [0.1, 0.15) is 10.6 Å². The lowest BCUT2D eigenvalue weighted by atomic mass is 10.2. The summed E-state index contributed by atoms with van der Waals surface area (Å²) in [7, 11) is -0.678. The van der Waals surface area contributed by atoms with E-state index in [0.29, 0.717) is 5.56 Å². The molecule has 0 unspecified atom stereocenters. The molecule has 1 aromatic carbocycles. The van der Waals surface area contributed by atoms with Gasteiger partial charge in [0.2, 0.25) is 10.0 Å². The number of benzene rings is 1. The minimum Gasteiger partial charge on any atom is -0.495 e. The van der Waals surface area contributed by atoms with E-state index < -0.39 is 10.0 Å². The number of hydrogen-bond donors (Lipinski definition) is 1. The van der Waals surface area contributed by atoms with Crippen LogP contribution < -0.4 is 4.74 Å². The number of ether oxygens (including phenoxy) is 1. The Labute approximate surface area is 108 Å². The van der Waals surface area contributed by atoms with Gasteiger partial charge < -0.3 is 9.84 Å². The first-order chi connectivity index (χ1) is 8.34. The first-order valence-electron chi connectivity index (χ1n) is 5.60. The molecule has 0 atom stereocenters. The molecule has 1 N–H and O–H groups in total. The standard InChI is InChI=1S/C12H19NO4S/c1-9(2)13(3)18(15,16)12-7-10(8-14)5-6-11(12)17-4/h5-7,9,14H,8H2,1-4H3. The van der Waals surface area contributed by atoms with Crippen molar-refractivity contribution in [1.82, 2.24) is 4.31 Å². The lowest BCUT2D eigenvalue weighted by Gasteiger charge is -2.22. The van der Waals surface area contributed by atoms with E-state index in [0.717, 1.165) is 0 Å². The van der Waals surface area contributed by atoms with Gasteiger partial charge in [-0.1, -0.05) is 6.07 Å². The Morgan fingerprint density at radius 3 is 2.44 bits per heavy atom. The summed E-state index contributed by atoms with van der Waals surface area (Å²) in [5, 5.41) is 9.09. The van der Waals surface area contributed by atoms with Crippen LogP contribution in [0.2, 0.25) is 0 Å². The van der Waals surface area contributed by atoms with E-state index in [-0.39, 0.29) is 23.3 Å². The van der Waals surface area contributed by atoms with Crippen LogP contribution >= 0.6 is 0 Å². The monoisotopic (exact) mass is 273 g/mol. The van der Waals surface area contributed by atoms with E-state index in [1.54, 1.807) is 26.0 Å². The van der Waals surface area contributed by atoms with Gasteiger partial charge >= 0.3 is 0 Å². The fourth-order valence-electron chi connectivity index (χ4n) is 1.45. The summed E-state index contributed by atoms with van der Waals surface area (Å²) in [5.74, 6) is 0.278. The third-order valence-electron chi connectivity index (χ3n) is 2.79. The molecule has 0 saturated carbocycles. The van der Waals surface area contributed by atoms with Crippen LogP contribution in [0.3, 0.4) is 0 Å². The minimum absolute atomic E-state index is 0.0766. The van der Waals surface area contributed by atoms with Crippen LogP contribution in [0.1, 0.15) is 19.4 Å². The molecule has 0 saturated heterocycles. The number of hydrogen-bond acceptors (Lipinski definition) is 4. The highest BCUT2D eigenvalue weighted by Gasteiger charge is 2.26. The molecule has 0 aromatic heterocycles. The highest BCUT2D eigenvalue weighted by molar-refractivity contribution is 7.89. The Bertz CT molecular complexity index is 511. The maximum Gasteiger partial charge on any atom is 0.246 e. The number of sulfonamides is 1. The van der Waals surface area contributed by atoms with Crippen molar-refractivity contribution >= 4 is 10.0 Å². The van der Waals surface area contributed by atoms with Crippen molar-refractivity contribution in [3.05, 3.63) is 23.8 Å². The van der Waals surface area contributed by atoms with Crippen molar-refractivity contribution in [1.29, 1.82) is 0 Å². The Morgan fingerprint density at radius 2 is 2.00 bits per heavy atom. The minimum atomic E-state index is -3.62. The predicted molar refractivity (Wildman–Crippen MR) is 69.0 cm³/mol. The maximum atomic E-state index is 12.4. The Morgan fingerprint density at radius 1 is 1.39 bits per heavy atom. The van der Waals surface area contributed by atoms with Gasteiger partial charge in [0, 0.05) is 13.1 Å². The smallest absolute Gasteiger partial charge is 0.246 e. The molecule has 0 bridgehead atoms. The first-order valence-corrected chi connectivity index (χ1v) is 7.04. The molecule has 0 amide bonds. The molecule has 0 aliphatic carbocycles. The molecule has 0 aliphatic rings. The third kappa shape index (κ3) is 2.82. The van der Waals surface area contributed by atoms with Crippen LogP contribution in [0, 0.1) is 0 Å². The van der Waals surface area contributed by atoms with E-state index in [1.807, 2.05) is 0 Å². The van der Waals surface area contributed by atoms with Gasteiger partial charge in [-0.3, -0.25) is 0 Å². The van der Waals surface area contributed by atoms with Gasteiger partial charge in [-0.05, 0) is 31.5 Å². The number of aliphatic hydroxyl groups excluding tert-OH is 1. The average molecular weight is 273 g/mol. The van der Waals surface area contributed by atoms with Gasteiger partial charge in [0.25, 0.3) is 0 Å². The summed E-state index contributed by atoms with van der Waals surface area (Å²) >= 11 is 0.